The Hall–Kier alpha value is -2.70. The maximum Gasteiger partial charge on any atom is 0.198 e. The average molecular weight is 355 g/mol. The molecule has 0 saturated carbocycles. The van der Waals surface area contributed by atoms with Gasteiger partial charge >= 0.3 is 0 Å². The summed E-state index contributed by atoms with van der Waals surface area (Å²) in [6.07, 6.45) is -0.742. The van der Waals surface area contributed by atoms with Crippen LogP contribution in [0.5, 0.6) is 11.5 Å². The van der Waals surface area contributed by atoms with Gasteiger partial charge < -0.3 is 20.3 Å². The molecule has 136 valence electrons. The molecule has 0 amide bonds. The molecule has 1 aliphatic rings. The van der Waals surface area contributed by atoms with Gasteiger partial charge in [-0.15, -0.1) is 0 Å². The fourth-order valence-corrected chi connectivity index (χ4v) is 2.88. The summed E-state index contributed by atoms with van der Waals surface area (Å²) < 4.78 is 5.51. The SMILES string of the molecule is CC(C)NCC(O)COc1cc(O)c2c(c1)C(=O)c1ccccc1C2=O. The highest BCUT2D eigenvalue weighted by molar-refractivity contribution is 6.29. The zero-order valence-electron chi connectivity index (χ0n) is 14.7. The number of ether oxygens (including phenoxy) is 1. The van der Waals surface area contributed by atoms with E-state index in [0.717, 1.165) is 0 Å². The maximum absolute atomic E-state index is 12.7. The Morgan fingerprint density at radius 2 is 1.69 bits per heavy atom. The molecule has 0 heterocycles. The van der Waals surface area contributed by atoms with Gasteiger partial charge in [0.15, 0.2) is 11.6 Å². The molecular formula is C20H21NO5. The number of aliphatic hydroxyl groups excluding tert-OH is 1. The number of aliphatic hydroxyl groups is 1. The molecule has 0 bridgehead atoms. The van der Waals surface area contributed by atoms with Crippen molar-refractivity contribution in [1.29, 1.82) is 0 Å². The van der Waals surface area contributed by atoms with Crippen molar-refractivity contribution < 1.29 is 24.5 Å². The van der Waals surface area contributed by atoms with Gasteiger partial charge in [-0.1, -0.05) is 38.1 Å². The van der Waals surface area contributed by atoms with E-state index in [9.17, 15) is 19.8 Å². The predicted molar refractivity (Wildman–Crippen MR) is 96.1 cm³/mol. The number of benzene rings is 2. The molecule has 6 nitrogen and oxygen atoms in total. The molecule has 3 rings (SSSR count). The molecule has 2 aromatic carbocycles. The fraction of sp³-hybridized carbons (Fsp3) is 0.300. The molecule has 0 fully saturated rings. The minimum absolute atomic E-state index is 0.00330. The standard InChI is InChI=1S/C20H21NO5/c1-11(2)21-9-12(22)10-26-13-7-16-18(17(23)8-13)20(25)15-6-4-3-5-14(15)19(16)24/h3-8,11-12,21-23H,9-10H2,1-2H3. The summed E-state index contributed by atoms with van der Waals surface area (Å²) in [7, 11) is 0. The van der Waals surface area contributed by atoms with Gasteiger partial charge in [-0.25, -0.2) is 0 Å². The van der Waals surface area contributed by atoms with Crippen LogP contribution in [0.25, 0.3) is 0 Å². The molecule has 1 atom stereocenters. The van der Waals surface area contributed by atoms with E-state index in [1.165, 1.54) is 12.1 Å². The fourth-order valence-electron chi connectivity index (χ4n) is 2.88. The van der Waals surface area contributed by atoms with Gasteiger partial charge in [0.05, 0.1) is 5.56 Å². The Kier molecular flexibility index (Phi) is 5.06. The summed E-state index contributed by atoms with van der Waals surface area (Å²) >= 11 is 0. The number of ketones is 2. The van der Waals surface area contributed by atoms with Crippen molar-refractivity contribution in [3.8, 4) is 11.5 Å². The molecular weight excluding hydrogens is 334 g/mol. The van der Waals surface area contributed by atoms with Crippen molar-refractivity contribution in [2.45, 2.75) is 26.0 Å². The van der Waals surface area contributed by atoms with Crippen molar-refractivity contribution in [2.75, 3.05) is 13.2 Å². The van der Waals surface area contributed by atoms with Gasteiger partial charge in [0, 0.05) is 35.3 Å². The molecule has 1 aliphatic carbocycles. The molecule has 0 spiro atoms. The lowest BCUT2D eigenvalue weighted by Gasteiger charge is -2.20. The van der Waals surface area contributed by atoms with Crippen LogP contribution in [-0.2, 0) is 0 Å². The molecule has 1 unspecified atom stereocenters. The van der Waals surface area contributed by atoms with E-state index < -0.39 is 6.10 Å². The number of phenolic OH excluding ortho intramolecular Hbond substituents is 1. The number of fused-ring (bicyclic) bond motifs is 2. The van der Waals surface area contributed by atoms with Crippen LogP contribution >= 0.6 is 0 Å². The van der Waals surface area contributed by atoms with Crippen molar-refractivity contribution in [3.05, 3.63) is 58.7 Å². The summed E-state index contributed by atoms with van der Waals surface area (Å²) in [6.45, 7) is 4.29. The first-order valence-corrected chi connectivity index (χ1v) is 8.48. The third-order valence-electron chi connectivity index (χ3n) is 4.18. The van der Waals surface area contributed by atoms with E-state index >= 15 is 0 Å². The molecule has 0 aliphatic heterocycles. The molecule has 6 heteroatoms. The quantitative estimate of drug-likeness (QED) is 0.625. The second-order valence-electron chi connectivity index (χ2n) is 6.60. The number of phenols is 1. The second-order valence-corrected chi connectivity index (χ2v) is 6.60. The number of rotatable bonds is 6. The van der Waals surface area contributed by atoms with Crippen LogP contribution in [0.1, 0.15) is 45.7 Å². The summed E-state index contributed by atoms with van der Waals surface area (Å²) in [6, 6.07) is 9.49. The van der Waals surface area contributed by atoms with Crippen LogP contribution in [0, 0.1) is 0 Å². The van der Waals surface area contributed by atoms with Gasteiger partial charge in [0.1, 0.15) is 24.2 Å². The highest BCUT2D eigenvalue weighted by Gasteiger charge is 2.32. The molecule has 0 saturated heterocycles. The topological polar surface area (TPSA) is 95.9 Å². The number of hydrogen-bond acceptors (Lipinski definition) is 6. The molecule has 26 heavy (non-hydrogen) atoms. The first-order valence-electron chi connectivity index (χ1n) is 8.48. The normalized spacial score (nSPS) is 14.2. The van der Waals surface area contributed by atoms with Crippen molar-refractivity contribution in [3.63, 3.8) is 0 Å². The van der Waals surface area contributed by atoms with Crippen molar-refractivity contribution >= 4 is 11.6 Å². The van der Waals surface area contributed by atoms with Gasteiger partial charge in [-0.3, -0.25) is 9.59 Å². The molecule has 0 aromatic heterocycles. The van der Waals surface area contributed by atoms with E-state index in [2.05, 4.69) is 5.32 Å². The highest BCUT2D eigenvalue weighted by atomic mass is 16.5. The van der Waals surface area contributed by atoms with E-state index in [-0.39, 0.29) is 52.4 Å². The molecule has 0 radical (unpaired) electrons. The maximum atomic E-state index is 12.7. The number of carbonyl (C=O) groups excluding carboxylic acids is 2. The number of carbonyl (C=O) groups is 2. The summed E-state index contributed by atoms with van der Waals surface area (Å²) in [5, 5.41) is 23.3. The Morgan fingerprint density at radius 3 is 2.35 bits per heavy atom. The lowest BCUT2D eigenvalue weighted by molar-refractivity contribution is 0.0971. The van der Waals surface area contributed by atoms with Crippen molar-refractivity contribution in [1.82, 2.24) is 5.32 Å². The lowest BCUT2D eigenvalue weighted by Crippen LogP contribution is -2.35. The summed E-state index contributed by atoms with van der Waals surface area (Å²) in [5.41, 5.74) is 0.688. The third kappa shape index (κ3) is 3.47. The number of nitrogens with one attached hydrogen (secondary N) is 1. The van der Waals surface area contributed by atoms with Gasteiger partial charge in [-0.05, 0) is 6.07 Å². The van der Waals surface area contributed by atoms with Crippen LogP contribution < -0.4 is 10.1 Å². The van der Waals surface area contributed by atoms with Crippen molar-refractivity contribution in [2.24, 2.45) is 0 Å². The first kappa shape index (κ1) is 18.1. The Balaban J connectivity index is 1.83. The van der Waals surface area contributed by atoms with E-state index in [1.54, 1.807) is 24.3 Å². The zero-order chi connectivity index (χ0) is 18.8. The zero-order valence-corrected chi connectivity index (χ0v) is 14.7. The van der Waals surface area contributed by atoms with Crippen LogP contribution in [-0.4, -0.2) is 47.1 Å². The monoisotopic (exact) mass is 355 g/mol. The van der Waals surface area contributed by atoms with E-state index in [4.69, 9.17) is 4.74 Å². The number of aromatic hydroxyl groups is 1. The van der Waals surface area contributed by atoms with Gasteiger partial charge in [0.25, 0.3) is 0 Å². The minimum Gasteiger partial charge on any atom is -0.507 e. The van der Waals surface area contributed by atoms with Gasteiger partial charge in [0.2, 0.25) is 0 Å². The largest absolute Gasteiger partial charge is 0.507 e. The molecule has 2 aromatic rings. The van der Waals surface area contributed by atoms with Gasteiger partial charge in [-0.2, -0.15) is 0 Å². The van der Waals surface area contributed by atoms with Crippen LogP contribution in [0.15, 0.2) is 36.4 Å². The minimum atomic E-state index is -0.742. The Bertz CT molecular complexity index is 859. The van der Waals surface area contributed by atoms with Crippen LogP contribution in [0.3, 0.4) is 0 Å². The highest BCUT2D eigenvalue weighted by Crippen LogP contribution is 2.35. The number of hydrogen-bond donors (Lipinski definition) is 3. The predicted octanol–water partition coefficient (Wildman–Crippen LogP) is 1.91. The Morgan fingerprint density at radius 1 is 1.04 bits per heavy atom. The van der Waals surface area contributed by atoms with E-state index in [1.807, 2.05) is 13.8 Å². The second kappa shape index (κ2) is 7.27. The lowest BCUT2D eigenvalue weighted by atomic mass is 9.83. The molecule has 3 N–H and O–H groups in total. The summed E-state index contributed by atoms with van der Waals surface area (Å²) in [4.78, 5) is 25.3. The Labute approximate surface area is 151 Å². The van der Waals surface area contributed by atoms with E-state index in [0.29, 0.717) is 12.1 Å². The first-order chi connectivity index (χ1) is 12.4. The summed E-state index contributed by atoms with van der Waals surface area (Å²) in [5.74, 6) is -0.802. The smallest absolute Gasteiger partial charge is 0.198 e. The van der Waals surface area contributed by atoms with Crippen LogP contribution in [0.2, 0.25) is 0 Å². The average Bonchev–Trinajstić information content (AvgIpc) is 2.62. The van der Waals surface area contributed by atoms with Crippen LogP contribution in [0.4, 0.5) is 0 Å². The third-order valence-corrected chi connectivity index (χ3v) is 4.18.